The van der Waals surface area contributed by atoms with Gasteiger partial charge in [0.25, 0.3) is 0 Å². The summed E-state index contributed by atoms with van der Waals surface area (Å²) in [7, 11) is 0. The molecule has 116 valence electrons. The predicted molar refractivity (Wildman–Crippen MR) is 89.3 cm³/mol. The van der Waals surface area contributed by atoms with Gasteiger partial charge in [0.15, 0.2) is 11.4 Å². The highest BCUT2D eigenvalue weighted by atomic mass is 32.1. The topological polar surface area (TPSA) is 82.3 Å². The molecule has 1 fully saturated rings. The third-order valence-electron chi connectivity index (χ3n) is 4.25. The minimum Gasteiger partial charge on any atom is -0.374 e. The zero-order valence-corrected chi connectivity index (χ0v) is 13.1. The second-order valence-corrected chi connectivity index (χ2v) is 6.94. The van der Waals surface area contributed by atoms with Gasteiger partial charge in [0.05, 0.1) is 5.56 Å². The maximum absolute atomic E-state index is 12.7. The largest absolute Gasteiger partial charge is 0.374 e. The molecular weight excluding hydrogens is 314 g/mol. The molecule has 1 N–H and O–H groups in total. The summed E-state index contributed by atoms with van der Waals surface area (Å²) in [5.41, 5.74) is 0.0426. The number of hydrogen-bond donors (Lipinski definition) is 1. The molecule has 1 atom stereocenters. The van der Waals surface area contributed by atoms with Crippen LogP contribution in [0, 0.1) is 11.8 Å². The molecule has 0 amide bonds. The van der Waals surface area contributed by atoms with Crippen molar-refractivity contribution in [2.75, 3.05) is 11.4 Å². The Kier molecular flexibility index (Phi) is 2.97. The number of aliphatic hydroxyl groups is 1. The van der Waals surface area contributed by atoms with Crippen LogP contribution in [0.3, 0.4) is 0 Å². The zero-order valence-electron chi connectivity index (χ0n) is 12.3. The minimum atomic E-state index is -1.57. The molecule has 23 heavy (non-hydrogen) atoms. The summed E-state index contributed by atoms with van der Waals surface area (Å²) in [6.45, 7) is 2.40. The molecule has 0 aliphatic carbocycles. The van der Waals surface area contributed by atoms with Crippen LogP contribution in [0.2, 0.25) is 0 Å². The number of ketones is 1. The number of hydrogen-bond acceptors (Lipinski definition) is 7. The average Bonchev–Trinajstić information content (AvgIpc) is 3.09. The van der Waals surface area contributed by atoms with Gasteiger partial charge in [-0.15, -0.1) is 16.2 Å². The van der Waals surface area contributed by atoms with Gasteiger partial charge in [-0.05, 0) is 42.4 Å². The molecule has 0 saturated carbocycles. The molecule has 7 heteroatoms. The molecule has 6 nitrogen and oxygen atoms in total. The molecule has 0 spiro atoms. The monoisotopic (exact) mass is 327 g/mol. The number of nitrogens with zero attached hydrogens (tertiary/aromatic N) is 3. The van der Waals surface area contributed by atoms with Gasteiger partial charge in [0.1, 0.15) is 10.7 Å². The van der Waals surface area contributed by atoms with Crippen molar-refractivity contribution in [1.82, 2.24) is 0 Å². The standard InChI is InChI=1S/C16H13N3O3S/c1-9-8-12-13(20)16(21)6-7-19(15(16)17-14(12)23-9)11-4-2-10(18-22)3-5-11/h2-5,8,21H,6-7H2,1H3. The lowest BCUT2D eigenvalue weighted by Crippen LogP contribution is -2.48. The molecule has 1 aromatic carbocycles. The molecule has 2 aromatic rings. The van der Waals surface area contributed by atoms with Gasteiger partial charge in [0, 0.05) is 23.5 Å². The zero-order chi connectivity index (χ0) is 16.2. The van der Waals surface area contributed by atoms with Gasteiger partial charge in [-0.25, -0.2) is 4.99 Å². The quantitative estimate of drug-likeness (QED) is 0.858. The van der Waals surface area contributed by atoms with E-state index in [1.807, 2.05) is 11.8 Å². The van der Waals surface area contributed by atoms with Crippen LogP contribution in [-0.4, -0.2) is 28.9 Å². The lowest BCUT2D eigenvalue weighted by Gasteiger charge is -2.28. The van der Waals surface area contributed by atoms with E-state index in [1.54, 1.807) is 30.3 Å². The number of Topliss-reactive ketones (excluding diaryl/α,β-unsaturated/α-hetero) is 1. The number of amidine groups is 1. The molecule has 2 aliphatic rings. The Bertz CT molecular complexity index is 856. The van der Waals surface area contributed by atoms with Crippen LogP contribution >= 0.6 is 11.3 Å². The molecule has 4 rings (SSSR count). The van der Waals surface area contributed by atoms with Crippen molar-refractivity contribution < 1.29 is 9.90 Å². The number of thiophene rings is 1. The predicted octanol–water partition coefficient (Wildman–Crippen LogP) is 3.32. The van der Waals surface area contributed by atoms with Gasteiger partial charge < -0.3 is 10.0 Å². The number of aliphatic imine (C=N–C) groups is 1. The lowest BCUT2D eigenvalue weighted by molar-refractivity contribution is 0.0603. The van der Waals surface area contributed by atoms with Crippen molar-refractivity contribution in [2.24, 2.45) is 10.2 Å². The van der Waals surface area contributed by atoms with E-state index < -0.39 is 5.60 Å². The van der Waals surface area contributed by atoms with Crippen molar-refractivity contribution in [3.8, 4) is 0 Å². The van der Waals surface area contributed by atoms with Crippen molar-refractivity contribution >= 4 is 39.3 Å². The number of rotatable bonds is 2. The van der Waals surface area contributed by atoms with Gasteiger partial charge in [-0.1, -0.05) is 0 Å². The Morgan fingerprint density at radius 1 is 1.35 bits per heavy atom. The molecule has 1 saturated heterocycles. The van der Waals surface area contributed by atoms with E-state index in [1.165, 1.54) is 11.3 Å². The maximum Gasteiger partial charge on any atom is 0.205 e. The summed E-state index contributed by atoms with van der Waals surface area (Å²) in [6, 6.07) is 8.47. The summed E-state index contributed by atoms with van der Waals surface area (Å²) < 4.78 is 0. The number of nitroso groups, excluding NO2 is 1. The molecule has 3 heterocycles. The fraction of sp³-hybridized carbons (Fsp3) is 0.250. The van der Waals surface area contributed by atoms with Gasteiger partial charge in [0.2, 0.25) is 5.78 Å². The Morgan fingerprint density at radius 2 is 2.09 bits per heavy atom. The smallest absolute Gasteiger partial charge is 0.205 e. The van der Waals surface area contributed by atoms with E-state index in [4.69, 9.17) is 0 Å². The molecule has 1 aromatic heterocycles. The molecule has 0 radical (unpaired) electrons. The maximum atomic E-state index is 12.7. The van der Waals surface area contributed by atoms with Crippen LogP contribution in [-0.2, 0) is 0 Å². The molecule has 0 bridgehead atoms. The number of aryl methyl sites for hydroxylation is 1. The highest BCUT2D eigenvalue weighted by Gasteiger charge is 2.52. The Hall–Kier alpha value is -2.38. The van der Waals surface area contributed by atoms with Crippen LogP contribution in [0.1, 0.15) is 21.7 Å². The van der Waals surface area contributed by atoms with Crippen LogP contribution in [0.4, 0.5) is 16.4 Å². The van der Waals surface area contributed by atoms with Gasteiger partial charge >= 0.3 is 0 Å². The number of carbonyl (C=O) groups is 1. The molecule has 2 aliphatic heterocycles. The first-order valence-electron chi connectivity index (χ1n) is 7.21. The molecular formula is C16H13N3O3S. The Labute approximate surface area is 136 Å². The van der Waals surface area contributed by atoms with E-state index in [0.717, 1.165) is 10.6 Å². The highest BCUT2D eigenvalue weighted by molar-refractivity contribution is 7.16. The van der Waals surface area contributed by atoms with Crippen molar-refractivity contribution in [3.63, 3.8) is 0 Å². The fourth-order valence-electron chi connectivity index (χ4n) is 3.09. The van der Waals surface area contributed by atoms with Crippen LogP contribution in [0.15, 0.2) is 40.5 Å². The number of anilines is 1. The first kappa shape index (κ1) is 14.2. The minimum absolute atomic E-state index is 0.282. The van der Waals surface area contributed by atoms with E-state index in [9.17, 15) is 14.8 Å². The van der Waals surface area contributed by atoms with Crippen LogP contribution in [0.5, 0.6) is 0 Å². The third-order valence-corrected chi connectivity index (χ3v) is 5.20. The van der Waals surface area contributed by atoms with E-state index in [2.05, 4.69) is 10.2 Å². The first-order chi connectivity index (χ1) is 11.0. The normalized spacial score (nSPS) is 22.6. The lowest BCUT2D eigenvalue weighted by atomic mass is 9.90. The van der Waals surface area contributed by atoms with E-state index >= 15 is 0 Å². The van der Waals surface area contributed by atoms with Gasteiger partial charge in [-0.2, -0.15) is 0 Å². The fourth-order valence-corrected chi connectivity index (χ4v) is 3.97. The van der Waals surface area contributed by atoms with Crippen molar-refractivity contribution in [1.29, 1.82) is 0 Å². The SMILES string of the molecule is Cc1cc2c(s1)N=C1N(c3ccc(N=O)cc3)CCC1(O)C2=O. The van der Waals surface area contributed by atoms with Crippen LogP contribution in [0.25, 0.3) is 0 Å². The molecule has 1 unspecified atom stereocenters. The number of carbonyl (C=O) groups excluding carboxylic acids is 1. The first-order valence-corrected chi connectivity index (χ1v) is 8.02. The Morgan fingerprint density at radius 3 is 2.78 bits per heavy atom. The summed E-state index contributed by atoms with van der Waals surface area (Å²) in [5.74, 6) is 0.0826. The highest BCUT2D eigenvalue weighted by Crippen LogP contribution is 2.43. The summed E-state index contributed by atoms with van der Waals surface area (Å²) in [6.07, 6.45) is 0.298. The van der Waals surface area contributed by atoms with Gasteiger partial charge in [-0.3, -0.25) is 4.79 Å². The van der Waals surface area contributed by atoms with E-state index in [-0.39, 0.29) is 5.78 Å². The Balaban J connectivity index is 1.81. The number of benzene rings is 1. The summed E-state index contributed by atoms with van der Waals surface area (Å²) >= 11 is 1.44. The average molecular weight is 327 g/mol. The van der Waals surface area contributed by atoms with Crippen molar-refractivity contribution in [3.05, 3.63) is 45.7 Å². The second-order valence-electron chi connectivity index (χ2n) is 5.71. The second kappa shape index (κ2) is 4.81. The van der Waals surface area contributed by atoms with Crippen LogP contribution < -0.4 is 4.90 Å². The third kappa shape index (κ3) is 1.97. The summed E-state index contributed by atoms with van der Waals surface area (Å²) in [5, 5.41) is 14.4. The van der Waals surface area contributed by atoms with Crippen molar-refractivity contribution in [2.45, 2.75) is 18.9 Å². The summed E-state index contributed by atoms with van der Waals surface area (Å²) in [4.78, 5) is 30.6. The number of fused-ring (bicyclic) bond motifs is 2. The van der Waals surface area contributed by atoms with E-state index in [0.29, 0.717) is 35.1 Å².